The lowest BCUT2D eigenvalue weighted by molar-refractivity contribution is 0.619. The molecule has 0 aliphatic heterocycles. The van der Waals surface area contributed by atoms with Crippen LogP contribution in [0.25, 0.3) is 88.6 Å². The van der Waals surface area contributed by atoms with Crippen molar-refractivity contribution in [1.82, 2.24) is 4.98 Å². The second kappa shape index (κ2) is 13.2. The van der Waals surface area contributed by atoms with E-state index in [-0.39, 0.29) is 5.41 Å². The maximum Gasteiger partial charge on any atom is 0.227 e. The minimum absolute atomic E-state index is 0.115. The van der Waals surface area contributed by atoms with Crippen LogP contribution in [0.5, 0.6) is 0 Å². The van der Waals surface area contributed by atoms with Crippen molar-refractivity contribution in [3.8, 4) is 44.8 Å². The molecule has 0 saturated carbocycles. The molecule has 1 aliphatic carbocycles. The highest BCUT2D eigenvalue weighted by molar-refractivity contribution is 6.17. The summed E-state index contributed by atoms with van der Waals surface area (Å²) in [5, 5.41) is 4.48. The molecule has 1 aliphatic rings. The second-order valence-corrected chi connectivity index (χ2v) is 16.3. The van der Waals surface area contributed by atoms with Crippen molar-refractivity contribution in [2.75, 3.05) is 4.90 Å². The Morgan fingerprint density at radius 3 is 1.87 bits per heavy atom. The Bertz CT molecular complexity index is 3450. The normalized spacial score (nSPS) is 13.0. The molecule has 4 nitrogen and oxygen atoms in total. The predicted molar refractivity (Wildman–Crippen MR) is 247 cm³/mol. The zero-order chi connectivity index (χ0) is 40.0. The van der Waals surface area contributed by atoms with Gasteiger partial charge in [0.1, 0.15) is 16.7 Å². The first-order chi connectivity index (χ1) is 29.5. The molecule has 12 rings (SSSR count). The van der Waals surface area contributed by atoms with E-state index in [0.29, 0.717) is 5.89 Å². The molecular formula is C56H38N2O2. The number of oxazole rings is 1. The Balaban J connectivity index is 0.950. The molecule has 284 valence electrons. The van der Waals surface area contributed by atoms with Crippen molar-refractivity contribution in [3.05, 3.63) is 205 Å². The third kappa shape index (κ3) is 5.34. The van der Waals surface area contributed by atoms with Crippen LogP contribution in [0.15, 0.2) is 203 Å². The van der Waals surface area contributed by atoms with Crippen molar-refractivity contribution in [3.63, 3.8) is 0 Å². The zero-order valence-electron chi connectivity index (χ0n) is 33.2. The van der Waals surface area contributed by atoms with Gasteiger partial charge in [-0.05, 0) is 123 Å². The largest absolute Gasteiger partial charge is 0.456 e. The van der Waals surface area contributed by atoms with E-state index >= 15 is 0 Å². The average Bonchev–Trinajstić information content (AvgIpc) is 3.97. The molecule has 0 bridgehead atoms. The summed E-state index contributed by atoms with van der Waals surface area (Å²) in [6.07, 6.45) is 0. The van der Waals surface area contributed by atoms with Crippen LogP contribution in [0.3, 0.4) is 0 Å². The van der Waals surface area contributed by atoms with Gasteiger partial charge in [-0.3, -0.25) is 0 Å². The minimum Gasteiger partial charge on any atom is -0.456 e. The number of rotatable bonds is 6. The molecule has 11 aromatic rings. The van der Waals surface area contributed by atoms with Crippen LogP contribution in [0.2, 0.25) is 0 Å². The van der Waals surface area contributed by atoms with Crippen LogP contribution in [-0.4, -0.2) is 4.98 Å². The van der Waals surface area contributed by atoms with E-state index in [4.69, 9.17) is 13.8 Å². The van der Waals surface area contributed by atoms with Crippen molar-refractivity contribution in [2.45, 2.75) is 19.3 Å². The topological polar surface area (TPSA) is 42.4 Å². The van der Waals surface area contributed by atoms with Gasteiger partial charge in [0, 0.05) is 33.3 Å². The first-order valence-corrected chi connectivity index (χ1v) is 20.5. The second-order valence-electron chi connectivity index (χ2n) is 16.3. The van der Waals surface area contributed by atoms with Crippen LogP contribution < -0.4 is 4.90 Å². The van der Waals surface area contributed by atoms with E-state index in [1.807, 2.05) is 42.5 Å². The van der Waals surface area contributed by atoms with Crippen LogP contribution in [0.4, 0.5) is 17.1 Å². The Morgan fingerprint density at radius 2 is 1.08 bits per heavy atom. The minimum atomic E-state index is -0.115. The Hall–Kier alpha value is -7.69. The highest BCUT2D eigenvalue weighted by Crippen LogP contribution is 2.54. The maximum absolute atomic E-state index is 6.48. The molecule has 9 aromatic carbocycles. The van der Waals surface area contributed by atoms with Gasteiger partial charge in [-0.2, -0.15) is 0 Å². The number of anilines is 3. The van der Waals surface area contributed by atoms with Crippen molar-refractivity contribution >= 4 is 60.9 Å². The van der Waals surface area contributed by atoms with Crippen molar-refractivity contribution < 1.29 is 8.83 Å². The van der Waals surface area contributed by atoms with E-state index < -0.39 is 0 Å². The summed E-state index contributed by atoms with van der Waals surface area (Å²) in [6.45, 7) is 4.68. The van der Waals surface area contributed by atoms with E-state index in [9.17, 15) is 0 Å². The molecule has 60 heavy (non-hydrogen) atoms. The zero-order valence-corrected chi connectivity index (χ0v) is 33.2. The van der Waals surface area contributed by atoms with Gasteiger partial charge in [-0.25, -0.2) is 4.98 Å². The molecule has 0 radical (unpaired) electrons. The first-order valence-electron chi connectivity index (χ1n) is 20.5. The summed E-state index contributed by atoms with van der Waals surface area (Å²) in [7, 11) is 0. The van der Waals surface area contributed by atoms with Crippen molar-refractivity contribution in [1.29, 1.82) is 0 Å². The number of hydrogen-bond donors (Lipinski definition) is 0. The molecule has 2 aromatic heterocycles. The molecular weight excluding hydrogens is 733 g/mol. The van der Waals surface area contributed by atoms with E-state index in [1.54, 1.807) is 0 Å². The maximum atomic E-state index is 6.48. The summed E-state index contributed by atoms with van der Waals surface area (Å²) < 4.78 is 12.7. The highest BCUT2D eigenvalue weighted by atomic mass is 16.4. The number of hydrogen-bond acceptors (Lipinski definition) is 4. The predicted octanol–water partition coefficient (Wildman–Crippen LogP) is 15.7. The fraction of sp³-hybridized carbons (Fsp3) is 0.0536. The molecule has 0 saturated heterocycles. The summed E-state index contributed by atoms with van der Waals surface area (Å²) in [5.74, 6) is 0.604. The molecule has 0 atom stereocenters. The third-order valence-corrected chi connectivity index (χ3v) is 12.5. The highest BCUT2D eigenvalue weighted by Gasteiger charge is 2.37. The molecule has 0 fully saturated rings. The summed E-state index contributed by atoms with van der Waals surface area (Å²) in [6, 6.07) is 69.3. The third-order valence-electron chi connectivity index (χ3n) is 12.5. The monoisotopic (exact) mass is 770 g/mol. The van der Waals surface area contributed by atoms with Gasteiger partial charge in [0.25, 0.3) is 0 Å². The van der Waals surface area contributed by atoms with Crippen LogP contribution in [0.1, 0.15) is 25.0 Å². The lowest BCUT2D eigenvalue weighted by Crippen LogP contribution is -2.16. The van der Waals surface area contributed by atoms with Gasteiger partial charge in [-0.15, -0.1) is 0 Å². The fourth-order valence-corrected chi connectivity index (χ4v) is 9.46. The van der Waals surface area contributed by atoms with E-state index in [0.717, 1.165) is 66.8 Å². The summed E-state index contributed by atoms with van der Waals surface area (Å²) in [5.41, 5.74) is 17.2. The molecule has 0 spiro atoms. The van der Waals surface area contributed by atoms with Gasteiger partial charge >= 0.3 is 0 Å². The van der Waals surface area contributed by atoms with E-state index in [2.05, 4.69) is 170 Å². The summed E-state index contributed by atoms with van der Waals surface area (Å²) in [4.78, 5) is 7.35. The molecule has 4 heteroatoms. The SMILES string of the molecule is CC1(C)c2ccccc2-c2c(N(c3ccc(-c4ccc5ccccc5c4)cc3)c3ccc(-c4ccc5c(c4)oc4ccc6oc(-c7ccccc7)nc6c45)cc3)cccc21. The molecule has 0 N–H and O–H groups in total. The van der Waals surface area contributed by atoms with Gasteiger partial charge in [0.2, 0.25) is 5.89 Å². The molecule has 0 unspecified atom stereocenters. The number of benzene rings is 9. The summed E-state index contributed by atoms with van der Waals surface area (Å²) >= 11 is 0. The van der Waals surface area contributed by atoms with Gasteiger partial charge in [-0.1, -0.05) is 135 Å². The van der Waals surface area contributed by atoms with Crippen molar-refractivity contribution in [2.24, 2.45) is 0 Å². The number of nitrogens with zero attached hydrogens (tertiary/aromatic N) is 2. The van der Waals surface area contributed by atoms with E-state index in [1.165, 1.54) is 44.2 Å². The fourth-order valence-electron chi connectivity index (χ4n) is 9.46. The van der Waals surface area contributed by atoms with Crippen LogP contribution in [-0.2, 0) is 5.41 Å². The standard InChI is InChI=1S/C56H38N2O2/c1-56(2)46-16-9-8-15-44(46)52-47(56)17-10-18-48(52)58(42-26-21-36(22-27-42)40-20-19-35-11-6-7-14-39(35)33-40)43-28-23-37(24-29-43)41-25-30-45-51(34-41)59-49-31-32-50-54(53(45)49)57-55(60-50)38-12-4-3-5-13-38/h3-34H,1-2H3. The van der Waals surface area contributed by atoms with Gasteiger partial charge in [0.05, 0.1) is 11.1 Å². The number of aromatic nitrogens is 1. The van der Waals surface area contributed by atoms with Gasteiger partial charge < -0.3 is 13.7 Å². The molecule has 0 amide bonds. The number of furan rings is 1. The Morgan fingerprint density at radius 1 is 0.450 bits per heavy atom. The lowest BCUT2D eigenvalue weighted by Gasteiger charge is -2.29. The van der Waals surface area contributed by atoms with Crippen LogP contribution >= 0.6 is 0 Å². The lowest BCUT2D eigenvalue weighted by atomic mass is 9.82. The quantitative estimate of drug-likeness (QED) is 0.169. The van der Waals surface area contributed by atoms with Crippen LogP contribution in [0, 0.1) is 0 Å². The smallest absolute Gasteiger partial charge is 0.227 e. The Kier molecular flexibility index (Phi) is 7.54. The Labute approximate surface area is 347 Å². The number of fused-ring (bicyclic) bond motifs is 9. The first kappa shape index (κ1) is 34.4. The average molecular weight is 771 g/mol. The molecule has 2 heterocycles. The van der Waals surface area contributed by atoms with Gasteiger partial charge in [0.15, 0.2) is 5.58 Å².